The van der Waals surface area contributed by atoms with Crippen LogP contribution >= 0.6 is 0 Å². The number of benzene rings is 1. The molecule has 0 aromatic heterocycles. The van der Waals surface area contributed by atoms with Gasteiger partial charge >= 0.3 is 0 Å². The minimum Gasteiger partial charge on any atom is -0.355 e. The Morgan fingerprint density at radius 3 is 2.15 bits per heavy atom. The van der Waals surface area contributed by atoms with E-state index in [1.54, 1.807) is 19.2 Å². The van der Waals surface area contributed by atoms with Gasteiger partial charge in [-0.2, -0.15) is 0 Å². The van der Waals surface area contributed by atoms with E-state index < -0.39 is 5.54 Å². The lowest BCUT2D eigenvalue weighted by atomic mass is 9.93. The van der Waals surface area contributed by atoms with Gasteiger partial charge in [0.15, 0.2) is 0 Å². The van der Waals surface area contributed by atoms with Crippen LogP contribution in [0.1, 0.15) is 42.6 Å². The molecule has 110 valence electrons. The summed E-state index contributed by atoms with van der Waals surface area (Å²) < 4.78 is 0. The van der Waals surface area contributed by atoms with Crippen molar-refractivity contribution in [3.05, 3.63) is 35.4 Å². The smallest absolute Gasteiger partial charge is 0.251 e. The van der Waals surface area contributed by atoms with Gasteiger partial charge < -0.3 is 16.4 Å². The molecule has 0 aliphatic heterocycles. The third-order valence-electron chi connectivity index (χ3n) is 3.61. The van der Waals surface area contributed by atoms with Crippen LogP contribution in [-0.4, -0.2) is 24.4 Å². The monoisotopic (exact) mass is 277 g/mol. The molecule has 4 N–H and O–H groups in total. The summed E-state index contributed by atoms with van der Waals surface area (Å²) in [4.78, 5) is 23.4. The van der Waals surface area contributed by atoms with Crippen LogP contribution < -0.4 is 16.4 Å². The molecule has 0 aliphatic rings. The third kappa shape index (κ3) is 3.81. The summed E-state index contributed by atoms with van der Waals surface area (Å²) in [5.41, 5.74) is 6.74. The van der Waals surface area contributed by atoms with Crippen molar-refractivity contribution in [3.63, 3.8) is 0 Å². The predicted octanol–water partition coefficient (Wildman–Crippen LogP) is 1.18. The van der Waals surface area contributed by atoms with Crippen molar-refractivity contribution in [2.45, 2.75) is 38.8 Å². The van der Waals surface area contributed by atoms with Crippen LogP contribution in [0.2, 0.25) is 0 Å². The Hall–Kier alpha value is -1.88. The fourth-order valence-electron chi connectivity index (χ4n) is 1.85. The average Bonchev–Trinajstić information content (AvgIpc) is 2.51. The van der Waals surface area contributed by atoms with E-state index in [0.717, 1.165) is 5.56 Å². The number of nitrogens with one attached hydrogen (secondary N) is 2. The SMILES string of the molecule is CCC(N)(CC)C(=O)NCc1ccc(C(=O)NC)cc1. The normalized spacial score (nSPS) is 11.0. The van der Waals surface area contributed by atoms with Crippen molar-refractivity contribution in [1.29, 1.82) is 0 Å². The quantitative estimate of drug-likeness (QED) is 0.730. The van der Waals surface area contributed by atoms with Gasteiger partial charge in [-0.3, -0.25) is 9.59 Å². The Kier molecular flexibility index (Phi) is 5.70. The molecule has 0 bridgehead atoms. The second kappa shape index (κ2) is 7.05. The molecule has 5 nitrogen and oxygen atoms in total. The van der Waals surface area contributed by atoms with Crippen LogP contribution in [0.15, 0.2) is 24.3 Å². The molecule has 0 spiro atoms. The molecule has 0 heterocycles. The summed E-state index contributed by atoms with van der Waals surface area (Å²) in [6.45, 7) is 4.22. The van der Waals surface area contributed by atoms with Crippen LogP contribution in [-0.2, 0) is 11.3 Å². The van der Waals surface area contributed by atoms with Crippen LogP contribution in [0.25, 0.3) is 0 Å². The van der Waals surface area contributed by atoms with Gasteiger partial charge in [-0.05, 0) is 30.5 Å². The number of rotatable bonds is 6. The molecule has 0 atom stereocenters. The standard InChI is InChI=1S/C15H23N3O2/c1-4-15(16,5-2)14(20)18-10-11-6-8-12(9-7-11)13(19)17-3/h6-9H,4-5,10,16H2,1-3H3,(H,17,19)(H,18,20). The molecule has 1 aromatic carbocycles. The van der Waals surface area contributed by atoms with E-state index in [9.17, 15) is 9.59 Å². The molecule has 0 aliphatic carbocycles. The van der Waals surface area contributed by atoms with Crippen molar-refractivity contribution in [1.82, 2.24) is 10.6 Å². The average molecular weight is 277 g/mol. The molecule has 1 rings (SSSR count). The Morgan fingerprint density at radius 1 is 1.15 bits per heavy atom. The maximum atomic E-state index is 12.0. The maximum absolute atomic E-state index is 12.0. The Bertz CT molecular complexity index is 465. The minimum absolute atomic E-state index is 0.126. The van der Waals surface area contributed by atoms with Crippen molar-refractivity contribution >= 4 is 11.8 Å². The largest absolute Gasteiger partial charge is 0.355 e. The fourth-order valence-corrected chi connectivity index (χ4v) is 1.85. The second-order valence-electron chi connectivity index (χ2n) is 4.82. The lowest BCUT2D eigenvalue weighted by Crippen LogP contribution is -2.52. The van der Waals surface area contributed by atoms with Crippen LogP contribution in [0, 0.1) is 0 Å². The minimum atomic E-state index is -0.804. The van der Waals surface area contributed by atoms with Gasteiger partial charge in [0.2, 0.25) is 5.91 Å². The first-order valence-corrected chi connectivity index (χ1v) is 6.85. The highest BCUT2D eigenvalue weighted by Gasteiger charge is 2.29. The Labute approximate surface area is 119 Å². The van der Waals surface area contributed by atoms with Crippen molar-refractivity contribution < 1.29 is 9.59 Å². The van der Waals surface area contributed by atoms with Crippen LogP contribution in [0.4, 0.5) is 0 Å². The molecule has 0 unspecified atom stereocenters. The molecule has 1 aromatic rings. The van der Waals surface area contributed by atoms with E-state index in [4.69, 9.17) is 5.73 Å². The second-order valence-corrected chi connectivity index (χ2v) is 4.82. The maximum Gasteiger partial charge on any atom is 0.251 e. The Morgan fingerprint density at radius 2 is 1.70 bits per heavy atom. The predicted molar refractivity (Wildman–Crippen MR) is 79.2 cm³/mol. The number of nitrogens with two attached hydrogens (primary N) is 1. The zero-order chi connectivity index (χ0) is 15.2. The summed E-state index contributed by atoms with van der Waals surface area (Å²) >= 11 is 0. The molecule has 0 saturated heterocycles. The lowest BCUT2D eigenvalue weighted by Gasteiger charge is -2.25. The molecule has 20 heavy (non-hydrogen) atoms. The molecular formula is C15H23N3O2. The number of hydrogen-bond acceptors (Lipinski definition) is 3. The van der Waals surface area contributed by atoms with E-state index in [1.165, 1.54) is 0 Å². The fraction of sp³-hybridized carbons (Fsp3) is 0.467. The number of amides is 2. The summed E-state index contributed by atoms with van der Waals surface area (Å²) in [5.74, 6) is -0.267. The van der Waals surface area contributed by atoms with Gasteiger partial charge in [-0.15, -0.1) is 0 Å². The number of carbonyl (C=O) groups excluding carboxylic acids is 2. The first-order chi connectivity index (χ1) is 9.46. The first-order valence-electron chi connectivity index (χ1n) is 6.85. The van der Waals surface area contributed by atoms with Gasteiger partial charge in [0.1, 0.15) is 0 Å². The highest BCUT2D eigenvalue weighted by atomic mass is 16.2. The van der Waals surface area contributed by atoms with Gasteiger partial charge in [-0.1, -0.05) is 26.0 Å². The van der Waals surface area contributed by atoms with Crippen LogP contribution in [0.5, 0.6) is 0 Å². The van der Waals surface area contributed by atoms with E-state index in [2.05, 4.69) is 10.6 Å². The third-order valence-corrected chi connectivity index (χ3v) is 3.61. The lowest BCUT2D eigenvalue weighted by molar-refractivity contribution is -0.126. The topological polar surface area (TPSA) is 84.2 Å². The molecule has 2 amide bonds. The summed E-state index contributed by atoms with van der Waals surface area (Å²) in [7, 11) is 1.59. The number of hydrogen-bond donors (Lipinski definition) is 3. The summed E-state index contributed by atoms with van der Waals surface area (Å²) in [6, 6.07) is 7.10. The van der Waals surface area contributed by atoms with Crippen LogP contribution in [0.3, 0.4) is 0 Å². The van der Waals surface area contributed by atoms with Gasteiger partial charge in [-0.25, -0.2) is 0 Å². The molecule has 0 saturated carbocycles. The van der Waals surface area contributed by atoms with E-state index in [1.807, 2.05) is 26.0 Å². The van der Waals surface area contributed by atoms with E-state index >= 15 is 0 Å². The van der Waals surface area contributed by atoms with Gasteiger partial charge in [0, 0.05) is 19.2 Å². The van der Waals surface area contributed by atoms with E-state index in [-0.39, 0.29) is 11.8 Å². The molecule has 0 radical (unpaired) electrons. The van der Waals surface area contributed by atoms with E-state index in [0.29, 0.717) is 24.9 Å². The highest BCUT2D eigenvalue weighted by molar-refractivity contribution is 5.94. The van der Waals surface area contributed by atoms with Gasteiger partial charge in [0.25, 0.3) is 5.91 Å². The van der Waals surface area contributed by atoms with Gasteiger partial charge in [0.05, 0.1) is 5.54 Å². The molecule has 0 fully saturated rings. The molecule has 5 heteroatoms. The number of carbonyl (C=O) groups is 2. The van der Waals surface area contributed by atoms with Crippen molar-refractivity contribution in [2.75, 3.05) is 7.05 Å². The van der Waals surface area contributed by atoms with Crippen molar-refractivity contribution in [2.24, 2.45) is 5.73 Å². The summed E-state index contributed by atoms with van der Waals surface area (Å²) in [5, 5.41) is 5.40. The first kappa shape index (κ1) is 16.2. The van der Waals surface area contributed by atoms with Crippen molar-refractivity contribution in [3.8, 4) is 0 Å². The Balaban J connectivity index is 2.62. The zero-order valence-corrected chi connectivity index (χ0v) is 12.3. The summed E-state index contributed by atoms with van der Waals surface area (Å²) in [6.07, 6.45) is 1.20. The molecular weight excluding hydrogens is 254 g/mol. The zero-order valence-electron chi connectivity index (χ0n) is 12.3. The highest BCUT2D eigenvalue weighted by Crippen LogP contribution is 2.12.